The van der Waals surface area contributed by atoms with E-state index in [-0.39, 0.29) is 11.7 Å². The van der Waals surface area contributed by atoms with Gasteiger partial charge in [-0.25, -0.2) is 0 Å². The number of Topliss-reactive ketones (excluding diaryl/α,β-unsaturated/α-hetero) is 1. The molecule has 0 radical (unpaired) electrons. The van der Waals surface area contributed by atoms with E-state index in [0.29, 0.717) is 25.1 Å². The third-order valence-corrected chi connectivity index (χ3v) is 4.42. The molecule has 2 heterocycles. The summed E-state index contributed by atoms with van der Waals surface area (Å²) < 4.78 is 0. The molecule has 0 aliphatic carbocycles. The van der Waals surface area contributed by atoms with Crippen LogP contribution in [-0.4, -0.2) is 27.7 Å². The molecule has 2 atom stereocenters. The molecule has 0 saturated carbocycles. The van der Waals surface area contributed by atoms with Crippen LogP contribution in [0.2, 0.25) is 0 Å². The number of rotatable bonds is 6. The summed E-state index contributed by atoms with van der Waals surface area (Å²) in [4.78, 5) is 21.1. The Balaban J connectivity index is 1.64. The second-order valence-corrected chi connectivity index (χ2v) is 6.44. The average Bonchev–Trinajstić information content (AvgIpc) is 2.99. The minimum absolute atomic E-state index is 0.188. The lowest BCUT2D eigenvalue weighted by molar-refractivity contribution is -0.118. The molecule has 2 aromatic rings. The summed E-state index contributed by atoms with van der Waals surface area (Å²) >= 11 is 0. The van der Waals surface area contributed by atoms with Gasteiger partial charge in [0.15, 0.2) is 0 Å². The van der Waals surface area contributed by atoms with Gasteiger partial charge in [-0.05, 0) is 30.0 Å². The van der Waals surface area contributed by atoms with E-state index in [1.54, 1.807) is 13.1 Å². The van der Waals surface area contributed by atoms with Crippen LogP contribution >= 0.6 is 0 Å². The summed E-state index contributed by atoms with van der Waals surface area (Å²) in [5, 5.41) is 9.71. The highest BCUT2D eigenvalue weighted by molar-refractivity contribution is 6.06. The summed E-state index contributed by atoms with van der Waals surface area (Å²) in [6.45, 7) is 4.34. The van der Waals surface area contributed by atoms with E-state index < -0.39 is 6.10 Å². The number of ketones is 1. The highest BCUT2D eigenvalue weighted by Gasteiger charge is 2.21. The summed E-state index contributed by atoms with van der Waals surface area (Å²) in [7, 11) is 0. The lowest BCUT2D eigenvalue weighted by Crippen LogP contribution is -2.16. The van der Waals surface area contributed by atoms with Gasteiger partial charge in [0.25, 0.3) is 0 Å². The molecule has 124 valence electrons. The molecule has 1 aliphatic heterocycles. The van der Waals surface area contributed by atoms with Crippen LogP contribution in [0.4, 0.5) is 0 Å². The quantitative estimate of drug-likeness (QED) is 0.889. The maximum Gasteiger partial charge on any atom is 0.139 e. The van der Waals surface area contributed by atoms with E-state index >= 15 is 0 Å². The Morgan fingerprint density at radius 1 is 1.25 bits per heavy atom. The van der Waals surface area contributed by atoms with Crippen LogP contribution in [0.15, 0.2) is 47.6 Å². The number of benzene rings is 1. The molecule has 24 heavy (non-hydrogen) atoms. The topological polar surface area (TPSA) is 62.6 Å². The number of nitrogens with zero attached hydrogens (tertiary/aromatic N) is 2. The van der Waals surface area contributed by atoms with Crippen LogP contribution in [0.3, 0.4) is 0 Å². The number of aliphatic hydroxyl groups is 1. The van der Waals surface area contributed by atoms with E-state index in [0.717, 1.165) is 16.8 Å². The molecule has 0 fully saturated rings. The Labute approximate surface area is 142 Å². The summed E-state index contributed by atoms with van der Waals surface area (Å²) in [5.41, 5.74) is 4.59. The fourth-order valence-corrected chi connectivity index (χ4v) is 3.13. The zero-order valence-corrected chi connectivity index (χ0v) is 14.1. The van der Waals surface area contributed by atoms with Crippen molar-refractivity contribution >= 4 is 11.5 Å². The molecule has 4 heteroatoms. The smallest absolute Gasteiger partial charge is 0.139 e. The molecule has 3 rings (SSSR count). The molecule has 0 amide bonds. The number of fused-ring (bicyclic) bond motifs is 1. The Bertz CT molecular complexity index is 766. The van der Waals surface area contributed by atoms with Crippen molar-refractivity contribution in [2.45, 2.75) is 45.3 Å². The maximum atomic E-state index is 12.4. The number of aliphatic imine (C=N–C) groups is 1. The molecule has 0 saturated heterocycles. The normalized spacial score (nSPS) is 15.5. The van der Waals surface area contributed by atoms with Gasteiger partial charge in [-0.3, -0.25) is 14.8 Å². The highest BCUT2D eigenvalue weighted by Crippen LogP contribution is 2.22. The van der Waals surface area contributed by atoms with Crippen molar-refractivity contribution in [1.29, 1.82) is 0 Å². The maximum absolute atomic E-state index is 12.4. The van der Waals surface area contributed by atoms with Crippen molar-refractivity contribution in [2.75, 3.05) is 0 Å². The minimum atomic E-state index is -0.591. The number of carbonyl (C=O) groups excluding carboxylic acids is 1. The Hall–Kier alpha value is -2.33. The highest BCUT2D eigenvalue weighted by atomic mass is 16.3. The lowest BCUT2D eigenvalue weighted by atomic mass is 9.94. The van der Waals surface area contributed by atoms with E-state index in [1.807, 2.05) is 24.3 Å². The van der Waals surface area contributed by atoms with Crippen molar-refractivity contribution in [1.82, 2.24) is 4.98 Å². The monoisotopic (exact) mass is 322 g/mol. The number of hydrogen-bond donors (Lipinski definition) is 1. The van der Waals surface area contributed by atoms with Gasteiger partial charge in [-0.2, -0.15) is 0 Å². The molecular formula is C20H22N2O2. The molecule has 1 aliphatic rings. The summed E-state index contributed by atoms with van der Waals surface area (Å²) in [5.74, 6) is 0.395. The summed E-state index contributed by atoms with van der Waals surface area (Å²) in [6, 6.07) is 12.0. The first-order valence-electron chi connectivity index (χ1n) is 8.32. The fraction of sp³-hybridized carbons (Fsp3) is 0.350. The Morgan fingerprint density at radius 2 is 2.00 bits per heavy atom. The Morgan fingerprint density at radius 3 is 2.71 bits per heavy atom. The number of aromatic nitrogens is 1. The number of pyridine rings is 1. The van der Waals surface area contributed by atoms with Crippen LogP contribution in [0.25, 0.3) is 0 Å². The van der Waals surface area contributed by atoms with Crippen LogP contribution in [0, 0.1) is 0 Å². The SMILES string of the molecule is CC(O)C1=NCc2cc(CC(=O)C[C@H](C)c3ccccc3)ncc21. The number of aliphatic hydroxyl groups excluding tert-OH is 1. The predicted molar refractivity (Wildman–Crippen MR) is 94.3 cm³/mol. The molecule has 0 spiro atoms. The van der Waals surface area contributed by atoms with Gasteiger partial charge in [0, 0.05) is 30.3 Å². The molecule has 0 bridgehead atoms. The van der Waals surface area contributed by atoms with Gasteiger partial charge in [0.2, 0.25) is 0 Å². The van der Waals surface area contributed by atoms with E-state index in [4.69, 9.17) is 0 Å². The van der Waals surface area contributed by atoms with Crippen molar-refractivity contribution in [2.24, 2.45) is 4.99 Å². The van der Waals surface area contributed by atoms with Gasteiger partial charge in [-0.1, -0.05) is 37.3 Å². The molecule has 4 nitrogen and oxygen atoms in total. The van der Waals surface area contributed by atoms with Gasteiger partial charge in [0.05, 0.1) is 18.4 Å². The molecule has 1 N–H and O–H groups in total. The van der Waals surface area contributed by atoms with Crippen molar-refractivity contribution in [3.8, 4) is 0 Å². The summed E-state index contributed by atoms with van der Waals surface area (Å²) in [6.07, 6.45) is 2.00. The van der Waals surface area contributed by atoms with Crippen LogP contribution in [0.5, 0.6) is 0 Å². The van der Waals surface area contributed by atoms with Gasteiger partial charge in [0.1, 0.15) is 5.78 Å². The zero-order chi connectivity index (χ0) is 17.1. The van der Waals surface area contributed by atoms with E-state index in [1.165, 1.54) is 5.56 Å². The zero-order valence-electron chi connectivity index (χ0n) is 14.1. The first-order chi connectivity index (χ1) is 11.5. The van der Waals surface area contributed by atoms with E-state index in [9.17, 15) is 9.90 Å². The average molecular weight is 322 g/mol. The van der Waals surface area contributed by atoms with Crippen molar-refractivity contribution in [3.05, 3.63) is 65.0 Å². The molecular weight excluding hydrogens is 300 g/mol. The third-order valence-electron chi connectivity index (χ3n) is 4.42. The van der Waals surface area contributed by atoms with Gasteiger partial charge < -0.3 is 5.11 Å². The molecule has 1 aromatic heterocycles. The number of hydrogen-bond acceptors (Lipinski definition) is 4. The first kappa shape index (κ1) is 16.5. The van der Waals surface area contributed by atoms with Crippen LogP contribution < -0.4 is 0 Å². The van der Waals surface area contributed by atoms with Gasteiger partial charge in [-0.15, -0.1) is 0 Å². The van der Waals surface area contributed by atoms with Crippen molar-refractivity contribution in [3.63, 3.8) is 0 Å². The standard InChI is InChI=1S/C20H22N2O2/c1-13(15-6-4-3-5-7-15)8-18(24)10-17-9-16-11-22-20(14(2)23)19(16)12-21-17/h3-7,9,12-14,23H,8,10-11H2,1-2H3/t13-,14?/m0/s1. The second kappa shape index (κ2) is 7.05. The number of carbonyl (C=O) groups is 1. The Kier molecular flexibility index (Phi) is 4.86. The van der Waals surface area contributed by atoms with Crippen LogP contribution in [0.1, 0.15) is 48.6 Å². The van der Waals surface area contributed by atoms with Gasteiger partial charge >= 0.3 is 0 Å². The third kappa shape index (κ3) is 3.60. The van der Waals surface area contributed by atoms with Crippen molar-refractivity contribution < 1.29 is 9.90 Å². The largest absolute Gasteiger partial charge is 0.387 e. The van der Waals surface area contributed by atoms with Crippen LogP contribution in [-0.2, 0) is 17.8 Å². The second-order valence-electron chi connectivity index (χ2n) is 6.44. The predicted octanol–water partition coefficient (Wildman–Crippen LogP) is 3.07. The molecule has 1 unspecified atom stereocenters. The fourth-order valence-electron chi connectivity index (χ4n) is 3.13. The lowest BCUT2D eigenvalue weighted by Gasteiger charge is -2.11. The first-order valence-corrected chi connectivity index (χ1v) is 8.32. The molecule has 1 aromatic carbocycles. The minimum Gasteiger partial charge on any atom is -0.387 e. The van der Waals surface area contributed by atoms with E-state index in [2.05, 4.69) is 29.0 Å².